The van der Waals surface area contributed by atoms with E-state index in [1.165, 1.54) is 4.90 Å². The van der Waals surface area contributed by atoms with E-state index in [4.69, 9.17) is 4.74 Å². The fraction of sp³-hybridized carbons (Fsp3) is 0.391. The van der Waals surface area contributed by atoms with Crippen molar-refractivity contribution >= 4 is 23.2 Å². The maximum absolute atomic E-state index is 12.4. The summed E-state index contributed by atoms with van der Waals surface area (Å²) in [6, 6.07) is 15.1. The second kappa shape index (κ2) is 10.1. The number of carbonyl (C=O) groups excluding carboxylic acids is 2. The number of rotatable bonds is 7. The van der Waals surface area contributed by atoms with Gasteiger partial charge in [-0.3, -0.25) is 14.5 Å². The van der Waals surface area contributed by atoms with Crippen LogP contribution in [0.4, 0.5) is 11.4 Å². The van der Waals surface area contributed by atoms with E-state index >= 15 is 0 Å². The fourth-order valence-electron chi connectivity index (χ4n) is 3.50. The molecule has 0 unspecified atom stereocenters. The maximum atomic E-state index is 12.4. The molecule has 0 aliphatic carbocycles. The van der Waals surface area contributed by atoms with Gasteiger partial charge in [0, 0.05) is 51.5 Å². The maximum Gasteiger partial charge on any atom is 0.253 e. The molecular formula is C23H30N4O3. The number of nitrogens with zero attached hydrogens (tertiary/aromatic N) is 3. The molecule has 3 rings (SSSR count). The third-order valence-corrected chi connectivity index (χ3v) is 5.07. The summed E-state index contributed by atoms with van der Waals surface area (Å²) in [5, 5.41) is 2.91. The Morgan fingerprint density at radius 2 is 1.67 bits per heavy atom. The number of nitrogens with one attached hydrogen (secondary N) is 1. The first-order chi connectivity index (χ1) is 14.5. The summed E-state index contributed by atoms with van der Waals surface area (Å²) in [6.07, 6.45) is 0. The van der Waals surface area contributed by atoms with Crippen LogP contribution in [0, 0.1) is 0 Å². The molecule has 2 aromatic carbocycles. The molecular weight excluding hydrogens is 380 g/mol. The van der Waals surface area contributed by atoms with E-state index in [0.29, 0.717) is 24.4 Å². The minimum absolute atomic E-state index is 0.0511. The van der Waals surface area contributed by atoms with E-state index in [0.717, 1.165) is 37.6 Å². The molecule has 160 valence electrons. The lowest BCUT2D eigenvalue weighted by molar-refractivity contribution is -0.117. The third-order valence-electron chi connectivity index (χ3n) is 5.07. The van der Waals surface area contributed by atoms with Crippen molar-refractivity contribution < 1.29 is 14.3 Å². The summed E-state index contributed by atoms with van der Waals surface area (Å²) in [5.74, 6) is 0.795. The van der Waals surface area contributed by atoms with Crippen LogP contribution >= 0.6 is 0 Å². The van der Waals surface area contributed by atoms with Crippen LogP contribution in [0.3, 0.4) is 0 Å². The highest BCUT2D eigenvalue weighted by molar-refractivity contribution is 5.96. The second-order valence-electron chi connectivity index (χ2n) is 7.49. The number of carbonyl (C=O) groups is 2. The highest BCUT2D eigenvalue weighted by Crippen LogP contribution is 2.28. The Morgan fingerprint density at radius 1 is 1.00 bits per heavy atom. The minimum atomic E-state index is -0.0587. The molecule has 7 heteroatoms. The van der Waals surface area contributed by atoms with Gasteiger partial charge >= 0.3 is 0 Å². The highest BCUT2D eigenvalue weighted by Gasteiger charge is 2.21. The average Bonchev–Trinajstić information content (AvgIpc) is 2.75. The topological polar surface area (TPSA) is 65.1 Å². The Bertz CT molecular complexity index is 859. The molecule has 1 heterocycles. The molecule has 2 aromatic rings. The Kier molecular flexibility index (Phi) is 7.30. The standard InChI is InChI=1S/C23H30N4O3/c1-4-30-21-8-6-5-7-20(21)27-15-13-26(14-16-27)17-22(28)24-19-11-9-18(10-12-19)23(29)25(2)3/h5-12H,4,13-17H2,1-3H3,(H,24,28). The van der Waals surface area contributed by atoms with Gasteiger partial charge in [0.1, 0.15) is 5.75 Å². The lowest BCUT2D eigenvalue weighted by Crippen LogP contribution is -2.48. The van der Waals surface area contributed by atoms with E-state index < -0.39 is 0 Å². The van der Waals surface area contributed by atoms with Crippen molar-refractivity contribution in [1.29, 1.82) is 0 Å². The van der Waals surface area contributed by atoms with Gasteiger partial charge in [0.2, 0.25) is 5.91 Å². The number of benzene rings is 2. The minimum Gasteiger partial charge on any atom is -0.492 e. The van der Waals surface area contributed by atoms with E-state index in [1.807, 2.05) is 25.1 Å². The smallest absolute Gasteiger partial charge is 0.253 e. The molecule has 0 spiro atoms. The van der Waals surface area contributed by atoms with Crippen LogP contribution < -0.4 is 15.0 Å². The molecule has 0 saturated carbocycles. The number of piperazine rings is 1. The molecule has 0 atom stereocenters. The van der Waals surface area contributed by atoms with Crippen LogP contribution in [0.25, 0.3) is 0 Å². The largest absolute Gasteiger partial charge is 0.492 e. The molecule has 0 radical (unpaired) electrons. The SMILES string of the molecule is CCOc1ccccc1N1CCN(CC(=O)Nc2ccc(C(=O)N(C)C)cc2)CC1. The summed E-state index contributed by atoms with van der Waals surface area (Å²) in [6.45, 7) is 6.29. The average molecular weight is 411 g/mol. The lowest BCUT2D eigenvalue weighted by atomic mass is 10.2. The number of amides is 2. The molecule has 1 aliphatic heterocycles. The monoisotopic (exact) mass is 410 g/mol. The number of hydrogen-bond donors (Lipinski definition) is 1. The van der Waals surface area contributed by atoms with Crippen molar-refractivity contribution in [2.24, 2.45) is 0 Å². The van der Waals surface area contributed by atoms with Crippen molar-refractivity contribution in [3.63, 3.8) is 0 Å². The lowest BCUT2D eigenvalue weighted by Gasteiger charge is -2.36. The second-order valence-corrected chi connectivity index (χ2v) is 7.49. The highest BCUT2D eigenvalue weighted by atomic mass is 16.5. The van der Waals surface area contributed by atoms with Crippen LogP contribution in [0.5, 0.6) is 5.75 Å². The van der Waals surface area contributed by atoms with Crippen LogP contribution in [0.2, 0.25) is 0 Å². The van der Waals surface area contributed by atoms with Crippen LogP contribution in [-0.4, -0.2) is 75.0 Å². The molecule has 0 bridgehead atoms. The summed E-state index contributed by atoms with van der Waals surface area (Å²) in [4.78, 5) is 30.4. The summed E-state index contributed by atoms with van der Waals surface area (Å²) in [7, 11) is 3.43. The fourth-order valence-corrected chi connectivity index (χ4v) is 3.50. The zero-order chi connectivity index (χ0) is 21.5. The van der Waals surface area contributed by atoms with Gasteiger partial charge in [-0.25, -0.2) is 0 Å². The van der Waals surface area contributed by atoms with Crippen molar-refractivity contribution in [1.82, 2.24) is 9.80 Å². The molecule has 1 saturated heterocycles. The van der Waals surface area contributed by atoms with Crippen LogP contribution in [0.1, 0.15) is 17.3 Å². The number of hydrogen-bond acceptors (Lipinski definition) is 5. The van der Waals surface area contributed by atoms with Gasteiger partial charge in [-0.05, 0) is 43.3 Å². The Morgan fingerprint density at radius 3 is 2.30 bits per heavy atom. The molecule has 1 aliphatic rings. The quantitative estimate of drug-likeness (QED) is 0.760. The normalized spacial score (nSPS) is 14.3. The van der Waals surface area contributed by atoms with E-state index in [-0.39, 0.29) is 11.8 Å². The number of ether oxygens (including phenoxy) is 1. The third kappa shape index (κ3) is 5.51. The van der Waals surface area contributed by atoms with Gasteiger partial charge in [-0.2, -0.15) is 0 Å². The molecule has 0 aromatic heterocycles. The van der Waals surface area contributed by atoms with Gasteiger partial charge in [-0.1, -0.05) is 12.1 Å². The van der Waals surface area contributed by atoms with Crippen molar-refractivity contribution in [3.8, 4) is 5.75 Å². The number of para-hydroxylation sites is 2. The zero-order valence-corrected chi connectivity index (χ0v) is 17.9. The van der Waals surface area contributed by atoms with Crippen LogP contribution in [-0.2, 0) is 4.79 Å². The van der Waals surface area contributed by atoms with Crippen molar-refractivity contribution in [2.45, 2.75) is 6.92 Å². The summed E-state index contributed by atoms with van der Waals surface area (Å²) in [5.41, 5.74) is 2.40. The predicted octanol–water partition coefficient (Wildman–Crippen LogP) is 2.55. The summed E-state index contributed by atoms with van der Waals surface area (Å²) < 4.78 is 5.74. The Hall–Kier alpha value is -3.06. The summed E-state index contributed by atoms with van der Waals surface area (Å²) >= 11 is 0. The van der Waals surface area contributed by atoms with Gasteiger partial charge in [0.05, 0.1) is 18.8 Å². The molecule has 1 fully saturated rings. The van der Waals surface area contributed by atoms with E-state index in [9.17, 15) is 9.59 Å². The Balaban J connectivity index is 1.49. The van der Waals surface area contributed by atoms with Crippen LogP contribution in [0.15, 0.2) is 48.5 Å². The van der Waals surface area contributed by atoms with Crippen molar-refractivity contribution in [2.75, 3.05) is 63.6 Å². The van der Waals surface area contributed by atoms with E-state index in [1.54, 1.807) is 38.4 Å². The molecule has 1 N–H and O–H groups in total. The van der Waals surface area contributed by atoms with E-state index in [2.05, 4.69) is 21.2 Å². The predicted molar refractivity (Wildman–Crippen MR) is 119 cm³/mol. The molecule has 7 nitrogen and oxygen atoms in total. The van der Waals surface area contributed by atoms with Crippen molar-refractivity contribution in [3.05, 3.63) is 54.1 Å². The first kappa shape index (κ1) is 21.6. The number of anilines is 2. The Labute approximate surface area is 178 Å². The van der Waals surface area contributed by atoms with Gasteiger partial charge < -0.3 is 19.9 Å². The first-order valence-corrected chi connectivity index (χ1v) is 10.3. The molecule has 30 heavy (non-hydrogen) atoms. The van der Waals surface area contributed by atoms with Gasteiger partial charge in [0.15, 0.2) is 0 Å². The van der Waals surface area contributed by atoms with Gasteiger partial charge in [-0.15, -0.1) is 0 Å². The first-order valence-electron chi connectivity index (χ1n) is 10.3. The van der Waals surface area contributed by atoms with Gasteiger partial charge in [0.25, 0.3) is 5.91 Å². The molecule has 2 amide bonds. The zero-order valence-electron chi connectivity index (χ0n) is 17.9.